The number of phosphoric ester groups is 1. The maximum absolute atomic E-state index is 10.7. The second-order valence-corrected chi connectivity index (χ2v) is 6.01. The lowest BCUT2D eigenvalue weighted by Gasteiger charge is -2.20. The Morgan fingerprint density at radius 2 is 1.60 bits per heavy atom. The molecule has 5 heteroatoms. The van der Waals surface area contributed by atoms with Crippen LogP contribution in [0, 0.1) is 11.8 Å². The molecule has 92 valence electrons. The predicted octanol–water partition coefficient (Wildman–Crippen LogP) is 2.95. The summed E-state index contributed by atoms with van der Waals surface area (Å²) in [6.07, 6.45) is 2.00. The van der Waals surface area contributed by atoms with Crippen LogP contribution >= 0.6 is 7.82 Å². The molecule has 0 aliphatic carbocycles. The molecule has 1 unspecified atom stereocenters. The molecule has 0 bridgehead atoms. The largest absolute Gasteiger partial charge is 0.469 e. The van der Waals surface area contributed by atoms with Gasteiger partial charge in [0.05, 0.1) is 6.10 Å². The lowest BCUT2D eigenvalue weighted by molar-refractivity contribution is 0.106. The van der Waals surface area contributed by atoms with Crippen LogP contribution in [0.15, 0.2) is 0 Å². The minimum absolute atomic E-state index is 0.326. The van der Waals surface area contributed by atoms with E-state index in [-0.39, 0.29) is 6.10 Å². The average Bonchev–Trinajstić information content (AvgIpc) is 1.95. The SMILES string of the molecule is CC(C)CCC(CC(C)C)OP(=O)(O)O. The van der Waals surface area contributed by atoms with Gasteiger partial charge in [0, 0.05) is 0 Å². The molecule has 0 amide bonds. The highest BCUT2D eigenvalue weighted by Crippen LogP contribution is 2.40. The van der Waals surface area contributed by atoms with E-state index in [9.17, 15) is 4.57 Å². The molecule has 0 aromatic carbocycles. The van der Waals surface area contributed by atoms with Crippen LogP contribution < -0.4 is 0 Å². The first kappa shape index (κ1) is 15.1. The zero-order valence-corrected chi connectivity index (χ0v) is 10.9. The standard InChI is InChI=1S/C10H23O4P/c1-8(2)5-6-10(7-9(3)4)14-15(11,12)13/h8-10H,5-7H2,1-4H3,(H2,11,12,13). The first-order valence-corrected chi connectivity index (χ1v) is 6.97. The summed E-state index contributed by atoms with van der Waals surface area (Å²) < 4.78 is 15.5. The van der Waals surface area contributed by atoms with Gasteiger partial charge in [0.1, 0.15) is 0 Å². The van der Waals surface area contributed by atoms with Gasteiger partial charge in [-0.25, -0.2) is 4.57 Å². The van der Waals surface area contributed by atoms with Crippen molar-refractivity contribution in [1.82, 2.24) is 0 Å². The Morgan fingerprint density at radius 3 is 1.93 bits per heavy atom. The first-order valence-electron chi connectivity index (χ1n) is 5.44. The van der Waals surface area contributed by atoms with Crippen molar-refractivity contribution in [3.63, 3.8) is 0 Å². The number of hydrogen-bond donors (Lipinski definition) is 2. The molecule has 1 atom stereocenters. The Morgan fingerprint density at radius 1 is 1.07 bits per heavy atom. The molecule has 0 radical (unpaired) electrons. The van der Waals surface area contributed by atoms with Gasteiger partial charge in [-0.1, -0.05) is 27.7 Å². The first-order chi connectivity index (χ1) is 6.70. The summed E-state index contributed by atoms with van der Waals surface area (Å²) >= 11 is 0. The van der Waals surface area contributed by atoms with Crippen LogP contribution in [0.25, 0.3) is 0 Å². The third-order valence-electron chi connectivity index (χ3n) is 2.09. The molecule has 0 spiro atoms. The maximum Gasteiger partial charge on any atom is 0.469 e. The van der Waals surface area contributed by atoms with Crippen molar-refractivity contribution < 1.29 is 18.9 Å². The zero-order chi connectivity index (χ0) is 12.1. The quantitative estimate of drug-likeness (QED) is 0.669. The molecule has 15 heavy (non-hydrogen) atoms. The molecular formula is C10H23O4P. The van der Waals surface area contributed by atoms with Crippen LogP contribution in [0.4, 0.5) is 0 Å². The van der Waals surface area contributed by atoms with Gasteiger partial charge in [-0.2, -0.15) is 0 Å². The molecule has 0 aliphatic rings. The molecule has 4 nitrogen and oxygen atoms in total. The molecule has 0 fully saturated rings. The highest BCUT2D eigenvalue weighted by Gasteiger charge is 2.22. The third kappa shape index (κ3) is 10.4. The fourth-order valence-corrected chi connectivity index (χ4v) is 2.03. The lowest BCUT2D eigenvalue weighted by Crippen LogP contribution is -2.15. The van der Waals surface area contributed by atoms with Crippen molar-refractivity contribution in [1.29, 1.82) is 0 Å². The molecule has 0 aliphatic heterocycles. The summed E-state index contributed by atoms with van der Waals surface area (Å²) in [7, 11) is -4.34. The van der Waals surface area contributed by atoms with E-state index in [1.54, 1.807) is 0 Å². The summed E-state index contributed by atoms with van der Waals surface area (Å²) in [6.45, 7) is 8.21. The van der Waals surface area contributed by atoms with Crippen LogP contribution in [0.2, 0.25) is 0 Å². The van der Waals surface area contributed by atoms with Crippen LogP contribution in [-0.4, -0.2) is 15.9 Å². The van der Waals surface area contributed by atoms with E-state index in [1.807, 2.05) is 13.8 Å². The Bertz CT molecular complexity index is 209. The second kappa shape index (κ2) is 6.64. The Hall–Kier alpha value is 0.110. The van der Waals surface area contributed by atoms with E-state index in [1.165, 1.54) is 0 Å². The Kier molecular flexibility index (Phi) is 6.69. The lowest BCUT2D eigenvalue weighted by atomic mass is 9.99. The van der Waals surface area contributed by atoms with Crippen molar-refractivity contribution in [2.45, 2.75) is 53.1 Å². The van der Waals surface area contributed by atoms with E-state index in [0.717, 1.165) is 6.42 Å². The van der Waals surface area contributed by atoms with Crippen LogP contribution in [0.3, 0.4) is 0 Å². The number of phosphoric acid groups is 1. The molecule has 0 aromatic heterocycles. The van der Waals surface area contributed by atoms with Crippen LogP contribution in [0.1, 0.15) is 47.0 Å². The molecule has 0 saturated carbocycles. The van der Waals surface area contributed by atoms with Gasteiger partial charge < -0.3 is 9.79 Å². The molecular weight excluding hydrogens is 215 g/mol. The summed E-state index contributed by atoms with van der Waals surface area (Å²) in [4.78, 5) is 17.5. The molecule has 0 saturated heterocycles. The van der Waals surface area contributed by atoms with E-state index in [0.29, 0.717) is 24.7 Å². The minimum Gasteiger partial charge on any atom is -0.303 e. The summed E-state index contributed by atoms with van der Waals surface area (Å²) in [5.41, 5.74) is 0. The predicted molar refractivity (Wildman–Crippen MR) is 60.4 cm³/mol. The summed E-state index contributed by atoms with van der Waals surface area (Å²) in [5.74, 6) is 0.911. The normalized spacial score (nSPS) is 14.9. The van der Waals surface area contributed by atoms with Crippen molar-refractivity contribution in [2.75, 3.05) is 0 Å². The zero-order valence-electron chi connectivity index (χ0n) is 10.0. The Balaban J connectivity index is 4.13. The van der Waals surface area contributed by atoms with Gasteiger partial charge >= 0.3 is 7.82 Å². The number of hydrogen-bond acceptors (Lipinski definition) is 2. The van der Waals surface area contributed by atoms with Gasteiger partial charge in [0.25, 0.3) is 0 Å². The molecule has 0 rings (SSSR count). The van der Waals surface area contributed by atoms with E-state index in [4.69, 9.17) is 14.3 Å². The highest BCUT2D eigenvalue weighted by atomic mass is 31.2. The summed E-state index contributed by atoms with van der Waals surface area (Å²) in [5, 5.41) is 0. The van der Waals surface area contributed by atoms with Gasteiger partial charge in [-0.3, -0.25) is 4.52 Å². The molecule has 2 N–H and O–H groups in total. The van der Waals surface area contributed by atoms with E-state index < -0.39 is 7.82 Å². The smallest absolute Gasteiger partial charge is 0.303 e. The summed E-state index contributed by atoms with van der Waals surface area (Å²) in [6, 6.07) is 0. The maximum atomic E-state index is 10.7. The van der Waals surface area contributed by atoms with Crippen molar-refractivity contribution in [3.8, 4) is 0 Å². The monoisotopic (exact) mass is 238 g/mol. The third-order valence-corrected chi connectivity index (χ3v) is 2.66. The Labute approximate surface area is 92.3 Å². The average molecular weight is 238 g/mol. The second-order valence-electron chi connectivity index (χ2n) is 4.82. The van der Waals surface area contributed by atoms with E-state index >= 15 is 0 Å². The van der Waals surface area contributed by atoms with Crippen LogP contribution in [-0.2, 0) is 9.09 Å². The minimum atomic E-state index is -4.34. The van der Waals surface area contributed by atoms with E-state index in [2.05, 4.69) is 13.8 Å². The van der Waals surface area contributed by atoms with Gasteiger partial charge in [0.15, 0.2) is 0 Å². The fourth-order valence-electron chi connectivity index (χ4n) is 1.45. The molecule has 0 heterocycles. The van der Waals surface area contributed by atoms with Crippen LogP contribution in [0.5, 0.6) is 0 Å². The van der Waals surface area contributed by atoms with Crippen molar-refractivity contribution in [2.24, 2.45) is 11.8 Å². The molecule has 0 aromatic rings. The topological polar surface area (TPSA) is 66.8 Å². The van der Waals surface area contributed by atoms with Crippen molar-refractivity contribution >= 4 is 7.82 Å². The van der Waals surface area contributed by atoms with Gasteiger partial charge in [-0.05, 0) is 31.1 Å². The van der Waals surface area contributed by atoms with Crippen molar-refractivity contribution in [3.05, 3.63) is 0 Å². The van der Waals surface area contributed by atoms with Gasteiger partial charge in [-0.15, -0.1) is 0 Å². The highest BCUT2D eigenvalue weighted by molar-refractivity contribution is 7.46. The number of rotatable bonds is 7. The fraction of sp³-hybridized carbons (Fsp3) is 1.00. The van der Waals surface area contributed by atoms with Gasteiger partial charge in [0.2, 0.25) is 0 Å².